The van der Waals surface area contributed by atoms with Crippen molar-refractivity contribution < 1.29 is 14.6 Å². The van der Waals surface area contributed by atoms with Crippen molar-refractivity contribution in [3.8, 4) is 0 Å². The van der Waals surface area contributed by atoms with Gasteiger partial charge < -0.3 is 15.2 Å². The van der Waals surface area contributed by atoms with Gasteiger partial charge in [-0.25, -0.2) is 0 Å². The highest BCUT2D eigenvalue weighted by Crippen LogP contribution is 2.22. The Morgan fingerprint density at radius 1 is 1.50 bits per heavy atom. The van der Waals surface area contributed by atoms with Crippen LogP contribution in [0.3, 0.4) is 0 Å². The van der Waals surface area contributed by atoms with Crippen molar-refractivity contribution in [1.82, 2.24) is 5.32 Å². The maximum Gasteiger partial charge on any atom is 0.249 e. The average Bonchev–Trinajstić information content (AvgIpc) is 2.78. The van der Waals surface area contributed by atoms with Crippen molar-refractivity contribution in [3.63, 3.8) is 0 Å². The molecule has 2 N–H and O–H groups in total. The zero-order valence-electron chi connectivity index (χ0n) is 10.1. The van der Waals surface area contributed by atoms with Crippen LogP contribution in [0.25, 0.3) is 0 Å². The largest absolute Gasteiger partial charge is 0.396 e. The highest BCUT2D eigenvalue weighted by molar-refractivity contribution is 5.80. The molecule has 0 bridgehead atoms. The lowest BCUT2D eigenvalue weighted by molar-refractivity contribution is -0.136. The molecule has 0 aromatic rings. The van der Waals surface area contributed by atoms with Gasteiger partial charge in [-0.1, -0.05) is 19.8 Å². The molecule has 1 saturated carbocycles. The lowest BCUT2D eigenvalue weighted by atomic mass is 10.2. The van der Waals surface area contributed by atoms with Crippen LogP contribution in [-0.2, 0) is 9.53 Å². The van der Waals surface area contributed by atoms with E-state index in [-0.39, 0.29) is 24.7 Å². The van der Waals surface area contributed by atoms with Gasteiger partial charge >= 0.3 is 0 Å². The van der Waals surface area contributed by atoms with Crippen LogP contribution in [-0.4, -0.2) is 36.4 Å². The molecule has 4 nitrogen and oxygen atoms in total. The second-order valence-electron chi connectivity index (χ2n) is 4.31. The molecule has 1 aliphatic rings. The van der Waals surface area contributed by atoms with E-state index in [1.54, 1.807) is 0 Å². The van der Waals surface area contributed by atoms with Gasteiger partial charge in [-0.15, -0.1) is 0 Å². The van der Waals surface area contributed by atoms with E-state index in [9.17, 15) is 4.79 Å². The maximum atomic E-state index is 11.7. The number of carbonyl (C=O) groups is 1. The monoisotopic (exact) mass is 229 g/mol. The second-order valence-corrected chi connectivity index (χ2v) is 4.31. The minimum absolute atomic E-state index is 0.0390. The lowest BCUT2D eigenvalue weighted by Crippen LogP contribution is -2.38. The van der Waals surface area contributed by atoms with Gasteiger partial charge in [0, 0.05) is 13.2 Å². The van der Waals surface area contributed by atoms with Gasteiger partial charge in [0.05, 0.1) is 6.10 Å². The molecule has 4 heteroatoms. The fourth-order valence-corrected chi connectivity index (χ4v) is 2.00. The highest BCUT2D eigenvalue weighted by atomic mass is 16.5. The molecule has 1 unspecified atom stereocenters. The van der Waals surface area contributed by atoms with Gasteiger partial charge in [0.1, 0.15) is 6.10 Å². The standard InChI is InChI=1S/C12H23NO3/c1-2-11(12(15)13-8-5-9-14)16-10-6-3-4-7-10/h10-11,14H,2-9H2,1H3,(H,13,15). The first-order chi connectivity index (χ1) is 7.77. The van der Waals surface area contributed by atoms with E-state index >= 15 is 0 Å². The van der Waals surface area contributed by atoms with Gasteiger partial charge in [0.25, 0.3) is 0 Å². The third-order valence-corrected chi connectivity index (χ3v) is 2.96. The summed E-state index contributed by atoms with van der Waals surface area (Å²) in [5.41, 5.74) is 0. The molecule has 94 valence electrons. The van der Waals surface area contributed by atoms with Gasteiger partial charge in [-0.05, 0) is 25.7 Å². The van der Waals surface area contributed by atoms with Crippen molar-refractivity contribution in [2.24, 2.45) is 0 Å². The van der Waals surface area contributed by atoms with E-state index in [1.807, 2.05) is 6.92 Å². The molecule has 1 amide bonds. The zero-order valence-corrected chi connectivity index (χ0v) is 10.1. The summed E-state index contributed by atoms with van der Waals surface area (Å²) in [5, 5.41) is 11.4. The van der Waals surface area contributed by atoms with E-state index in [1.165, 1.54) is 12.8 Å². The molecule has 0 heterocycles. The Balaban J connectivity index is 2.25. The molecule has 1 fully saturated rings. The molecular weight excluding hydrogens is 206 g/mol. The minimum atomic E-state index is -0.318. The Morgan fingerprint density at radius 3 is 2.75 bits per heavy atom. The lowest BCUT2D eigenvalue weighted by Gasteiger charge is -2.20. The first kappa shape index (κ1) is 13.5. The van der Waals surface area contributed by atoms with Gasteiger partial charge in [-0.2, -0.15) is 0 Å². The van der Waals surface area contributed by atoms with Crippen molar-refractivity contribution in [2.45, 2.75) is 57.7 Å². The summed E-state index contributed by atoms with van der Waals surface area (Å²) in [6, 6.07) is 0. The number of aliphatic hydroxyl groups excluding tert-OH is 1. The number of rotatable bonds is 7. The smallest absolute Gasteiger partial charge is 0.249 e. The van der Waals surface area contributed by atoms with Crippen LogP contribution in [0.5, 0.6) is 0 Å². The Kier molecular flexibility index (Phi) is 6.42. The van der Waals surface area contributed by atoms with Gasteiger partial charge in [0.15, 0.2) is 0 Å². The fraction of sp³-hybridized carbons (Fsp3) is 0.917. The number of hydrogen-bond acceptors (Lipinski definition) is 3. The quantitative estimate of drug-likeness (QED) is 0.645. The van der Waals surface area contributed by atoms with Crippen molar-refractivity contribution in [1.29, 1.82) is 0 Å². The number of nitrogens with one attached hydrogen (secondary N) is 1. The van der Waals surface area contributed by atoms with E-state index in [0.29, 0.717) is 19.4 Å². The molecule has 0 aromatic heterocycles. The predicted molar refractivity (Wildman–Crippen MR) is 62.1 cm³/mol. The molecule has 1 atom stereocenters. The van der Waals surface area contributed by atoms with Crippen LogP contribution < -0.4 is 5.32 Å². The number of ether oxygens (including phenoxy) is 1. The molecule has 16 heavy (non-hydrogen) atoms. The molecule has 1 aliphatic carbocycles. The summed E-state index contributed by atoms with van der Waals surface area (Å²) >= 11 is 0. The van der Waals surface area contributed by atoms with Gasteiger partial charge in [-0.3, -0.25) is 4.79 Å². The first-order valence-corrected chi connectivity index (χ1v) is 6.32. The predicted octanol–water partition coefficient (Wildman–Crippen LogP) is 1.22. The number of amides is 1. The SMILES string of the molecule is CCC(OC1CCCC1)C(=O)NCCCO. The molecule has 0 aromatic carbocycles. The number of hydrogen-bond donors (Lipinski definition) is 2. The van der Waals surface area contributed by atoms with Crippen LogP contribution in [0.15, 0.2) is 0 Å². The molecular formula is C12H23NO3. The normalized spacial score (nSPS) is 18.6. The van der Waals surface area contributed by atoms with E-state index in [0.717, 1.165) is 12.8 Å². The summed E-state index contributed by atoms with van der Waals surface area (Å²) < 4.78 is 5.78. The maximum absolute atomic E-state index is 11.7. The van der Waals surface area contributed by atoms with Crippen LogP contribution >= 0.6 is 0 Å². The van der Waals surface area contributed by atoms with Crippen LogP contribution in [0, 0.1) is 0 Å². The Hall–Kier alpha value is -0.610. The average molecular weight is 229 g/mol. The Bertz CT molecular complexity index is 202. The molecule has 0 saturated heterocycles. The van der Waals surface area contributed by atoms with Gasteiger partial charge in [0.2, 0.25) is 5.91 Å². The van der Waals surface area contributed by atoms with Crippen LogP contribution in [0.2, 0.25) is 0 Å². The Morgan fingerprint density at radius 2 is 2.19 bits per heavy atom. The molecule has 1 rings (SSSR count). The third kappa shape index (κ3) is 4.49. The number of carbonyl (C=O) groups excluding carboxylic acids is 1. The van der Waals surface area contributed by atoms with E-state index < -0.39 is 0 Å². The van der Waals surface area contributed by atoms with E-state index in [2.05, 4.69) is 5.32 Å². The second kappa shape index (κ2) is 7.63. The zero-order chi connectivity index (χ0) is 11.8. The van der Waals surface area contributed by atoms with Crippen LogP contribution in [0.1, 0.15) is 45.4 Å². The summed E-state index contributed by atoms with van der Waals surface area (Å²) in [5.74, 6) is -0.0390. The summed E-state index contributed by atoms with van der Waals surface area (Å²) in [4.78, 5) is 11.7. The third-order valence-electron chi connectivity index (χ3n) is 2.96. The Labute approximate surface area is 97.4 Å². The van der Waals surface area contributed by atoms with Crippen LogP contribution in [0.4, 0.5) is 0 Å². The molecule has 0 spiro atoms. The summed E-state index contributed by atoms with van der Waals surface area (Å²) in [6.45, 7) is 2.60. The van der Waals surface area contributed by atoms with Crippen molar-refractivity contribution >= 4 is 5.91 Å². The molecule has 0 radical (unpaired) electrons. The van der Waals surface area contributed by atoms with Crippen molar-refractivity contribution in [3.05, 3.63) is 0 Å². The fourth-order valence-electron chi connectivity index (χ4n) is 2.00. The molecule has 0 aliphatic heterocycles. The van der Waals surface area contributed by atoms with Crippen molar-refractivity contribution in [2.75, 3.05) is 13.2 Å². The number of aliphatic hydroxyl groups is 1. The highest BCUT2D eigenvalue weighted by Gasteiger charge is 2.23. The summed E-state index contributed by atoms with van der Waals surface area (Å²) in [7, 11) is 0. The summed E-state index contributed by atoms with van der Waals surface area (Å²) in [6.07, 6.45) is 5.87. The van der Waals surface area contributed by atoms with E-state index in [4.69, 9.17) is 9.84 Å². The first-order valence-electron chi connectivity index (χ1n) is 6.32. The topological polar surface area (TPSA) is 58.6 Å². The minimum Gasteiger partial charge on any atom is -0.396 e.